The van der Waals surface area contributed by atoms with Crippen molar-refractivity contribution >= 4 is 0 Å². The lowest BCUT2D eigenvalue weighted by Gasteiger charge is -2.38. The topological polar surface area (TPSA) is 18.5 Å². The molecule has 1 saturated carbocycles. The van der Waals surface area contributed by atoms with Crippen LogP contribution in [0.3, 0.4) is 0 Å². The molecule has 3 heteroatoms. The molecule has 17 heavy (non-hydrogen) atoms. The number of nitrogens with zero attached hydrogens (tertiary/aromatic N) is 2. The molecular weight excluding hydrogens is 210 g/mol. The van der Waals surface area contributed by atoms with Crippen LogP contribution in [0.1, 0.15) is 32.1 Å². The quantitative estimate of drug-likeness (QED) is 0.800. The largest absolute Gasteiger partial charge is 0.315 e. The summed E-state index contributed by atoms with van der Waals surface area (Å²) in [7, 11) is 4.38. The summed E-state index contributed by atoms with van der Waals surface area (Å²) in [5.41, 5.74) is 0. The Balaban J connectivity index is 1.78. The van der Waals surface area contributed by atoms with Gasteiger partial charge in [0.2, 0.25) is 0 Å². The van der Waals surface area contributed by atoms with Crippen molar-refractivity contribution in [2.45, 2.75) is 38.1 Å². The molecule has 0 aromatic carbocycles. The van der Waals surface area contributed by atoms with Gasteiger partial charge in [0.25, 0.3) is 0 Å². The number of likely N-dealkylation sites (N-methyl/N-ethyl adjacent to an activating group) is 2. The van der Waals surface area contributed by atoms with Crippen LogP contribution in [-0.2, 0) is 0 Å². The molecule has 1 aliphatic carbocycles. The van der Waals surface area contributed by atoms with Crippen molar-refractivity contribution in [3.8, 4) is 0 Å². The van der Waals surface area contributed by atoms with Crippen molar-refractivity contribution in [1.82, 2.24) is 15.1 Å². The molecule has 1 heterocycles. The van der Waals surface area contributed by atoms with E-state index >= 15 is 0 Å². The lowest BCUT2D eigenvalue weighted by atomic mass is 9.83. The van der Waals surface area contributed by atoms with E-state index in [1.807, 2.05) is 0 Å². The Morgan fingerprint density at radius 3 is 2.29 bits per heavy atom. The van der Waals surface area contributed by atoms with Crippen LogP contribution in [0.25, 0.3) is 0 Å². The molecule has 1 aliphatic heterocycles. The minimum atomic E-state index is 0.721. The van der Waals surface area contributed by atoms with Gasteiger partial charge >= 0.3 is 0 Å². The van der Waals surface area contributed by atoms with Crippen molar-refractivity contribution < 1.29 is 0 Å². The van der Waals surface area contributed by atoms with Gasteiger partial charge in [-0.3, -0.25) is 4.90 Å². The molecule has 2 rings (SSSR count). The van der Waals surface area contributed by atoms with E-state index in [2.05, 4.69) is 29.2 Å². The normalized spacial score (nSPS) is 27.2. The Labute approximate surface area is 107 Å². The third-order valence-electron chi connectivity index (χ3n) is 4.64. The van der Waals surface area contributed by atoms with E-state index in [0.717, 1.165) is 12.0 Å². The Morgan fingerprint density at radius 2 is 1.71 bits per heavy atom. The predicted molar refractivity (Wildman–Crippen MR) is 73.4 cm³/mol. The van der Waals surface area contributed by atoms with E-state index in [-0.39, 0.29) is 0 Å². The van der Waals surface area contributed by atoms with Crippen LogP contribution < -0.4 is 5.32 Å². The first-order valence-corrected chi connectivity index (χ1v) is 7.38. The van der Waals surface area contributed by atoms with E-state index in [0.29, 0.717) is 0 Å². The van der Waals surface area contributed by atoms with E-state index < -0.39 is 0 Å². The van der Waals surface area contributed by atoms with Crippen LogP contribution in [0.4, 0.5) is 0 Å². The summed E-state index contributed by atoms with van der Waals surface area (Å²) >= 11 is 0. The van der Waals surface area contributed by atoms with Crippen molar-refractivity contribution in [3.05, 3.63) is 0 Å². The molecule has 3 nitrogen and oxygen atoms in total. The van der Waals surface area contributed by atoms with Crippen molar-refractivity contribution in [2.75, 3.05) is 46.8 Å². The zero-order valence-corrected chi connectivity index (χ0v) is 11.6. The molecular formula is C14H29N3. The van der Waals surface area contributed by atoms with Gasteiger partial charge in [-0.15, -0.1) is 0 Å². The van der Waals surface area contributed by atoms with Gasteiger partial charge in [0.1, 0.15) is 0 Å². The zero-order chi connectivity index (χ0) is 12.1. The highest BCUT2D eigenvalue weighted by Crippen LogP contribution is 2.26. The summed E-state index contributed by atoms with van der Waals surface area (Å²) < 4.78 is 0. The molecule has 0 aromatic heterocycles. The second kappa shape index (κ2) is 6.72. The van der Waals surface area contributed by atoms with Gasteiger partial charge < -0.3 is 10.2 Å². The molecule has 0 bridgehead atoms. The Morgan fingerprint density at radius 1 is 1.06 bits per heavy atom. The van der Waals surface area contributed by atoms with E-state index in [1.165, 1.54) is 64.8 Å². The van der Waals surface area contributed by atoms with Gasteiger partial charge in [-0.2, -0.15) is 0 Å². The monoisotopic (exact) mass is 239 g/mol. The molecule has 0 spiro atoms. The van der Waals surface area contributed by atoms with Crippen LogP contribution in [0.15, 0.2) is 0 Å². The maximum atomic E-state index is 3.58. The third-order valence-corrected chi connectivity index (χ3v) is 4.64. The summed E-state index contributed by atoms with van der Waals surface area (Å²) in [5, 5.41) is 3.58. The first-order chi connectivity index (χ1) is 8.29. The molecule has 0 radical (unpaired) electrons. The highest BCUT2D eigenvalue weighted by atomic mass is 15.3. The molecule has 100 valence electrons. The first kappa shape index (κ1) is 13.3. The zero-order valence-electron chi connectivity index (χ0n) is 11.6. The number of piperazine rings is 1. The van der Waals surface area contributed by atoms with Crippen molar-refractivity contribution in [2.24, 2.45) is 5.92 Å². The second-order valence-electron chi connectivity index (χ2n) is 5.90. The summed E-state index contributed by atoms with van der Waals surface area (Å²) in [6.45, 7) is 6.24. The summed E-state index contributed by atoms with van der Waals surface area (Å²) in [6.07, 6.45) is 7.25. The van der Waals surface area contributed by atoms with Crippen LogP contribution in [0.5, 0.6) is 0 Å². The summed E-state index contributed by atoms with van der Waals surface area (Å²) in [4.78, 5) is 5.08. The Bertz CT molecular complexity index is 206. The van der Waals surface area contributed by atoms with E-state index in [4.69, 9.17) is 0 Å². The van der Waals surface area contributed by atoms with E-state index in [9.17, 15) is 0 Å². The van der Waals surface area contributed by atoms with Gasteiger partial charge in [0.15, 0.2) is 0 Å². The fourth-order valence-corrected chi connectivity index (χ4v) is 3.32. The molecule has 0 amide bonds. The molecule has 1 atom stereocenters. The highest BCUT2D eigenvalue weighted by molar-refractivity contribution is 4.82. The Hall–Kier alpha value is -0.120. The number of rotatable bonds is 4. The molecule has 1 saturated heterocycles. The molecule has 0 aromatic rings. The Kier molecular flexibility index (Phi) is 5.26. The fraction of sp³-hybridized carbons (Fsp3) is 1.00. The van der Waals surface area contributed by atoms with Crippen molar-refractivity contribution in [3.63, 3.8) is 0 Å². The minimum Gasteiger partial charge on any atom is -0.315 e. The fourth-order valence-electron chi connectivity index (χ4n) is 3.32. The van der Waals surface area contributed by atoms with Gasteiger partial charge in [-0.05, 0) is 32.9 Å². The van der Waals surface area contributed by atoms with E-state index in [1.54, 1.807) is 0 Å². The highest BCUT2D eigenvalue weighted by Gasteiger charge is 2.25. The maximum Gasteiger partial charge on any atom is 0.0220 e. The molecule has 1 unspecified atom stereocenters. The average Bonchev–Trinajstić information content (AvgIpc) is 2.39. The SMILES string of the molecule is CNC(CN1CCN(C)CC1)C1CCCCC1. The molecule has 2 fully saturated rings. The predicted octanol–water partition coefficient (Wildman–Crippen LogP) is 1.40. The average molecular weight is 239 g/mol. The summed E-state index contributed by atoms with van der Waals surface area (Å²) in [5.74, 6) is 0.924. The van der Waals surface area contributed by atoms with Crippen LogP contribution in [0, 0.1) is 5.92 Å². The number of hydrogen-bond acceptors (Lipinski definition) is 3. The number of nitrogens with one attached hydrogen (secondary N) is 1. The lowest BCUT2D eigenvalue weighted by molar-refractivity contribution is 0.125. The van der Waals surface area contributed by atoms with Crippen LogP contribution >= 0.6 is 0 Å². The van der Waals surface area contributed by atoms with Crippen LogP contribution in [0.2, 0.25) is 0 Å². The first-order valence-electron chi connectivity index (χ1n) is 7.38. The minimum absolute atomic E-state index is 0.721. The maximum absolute atomic E-state index is 3.58. The second-order valence-corrected chi connectivity index (χ2v) is 5.90. The van der Waals surface area contributed by atoms with Gasteiger partial charge in [0, 0.05) is 38.8 Å². The summed E-state index contributed by atoms with van der Waals surface area (Å²) in [6, 6.07) is 0.721. The van der Waals surface area contributed by atoms with Crippen LogP contribution in [-0.4, -0.2) is 62.7 Å². The molecule has 2 aliphatic rings. The third kappa shape index (κ3) is 3.94. The molecule has 1 N–H and O–H groups in total. The lowest BCUT2D eigenvalue weighted by Crippen LogP contribution is -2.51. The number of hydrogen-bond donors (Lipinski definition) is 1. The van der Waals surface area contributed by atoms with Gasteiger partial charge in [-0.1, -0.05) is 19.3 Å². The smallest absolute Gasteiger partial charge is 0.0220 e. The standard InChI is InChI=1S/C14H29N3/c1-15-14(13-6-4-3-5-7-13)12-17-10-8-16(2)9-11-17/h13-15H,3-12H2,1-2H3. The van der Waals surface area contributed by atoms with Gasteiger partial charge in [-0.25, -0.2) is 0 Å². The van der Waals surface area contributed by atoms with Crippen molar-refractivity contribution in [1.29, 1.82) is 0 Å². The van der Waals surface area contributed by atoms with Gasteiger partial charge in [0.05, 0.1) is 0 Å².